The number of cyclic esters (lactones) is 1. The largest absolute Gasteiger partial charge is 0.446 e. The molecule has 2 aliphatic heterocycles. The van der Waals surface area contributed by atoms with Crippen molar-refractivity contribution in [3.05, 3.63) is 65.5 Å². The van der Waals surface area contributed by atoms with E-state index in [4.69, 9.17) is 4.74 Å². The highest BCUT2D eigenvalue weighted by atomic mass is 35.5. The summed E-state index contributed by atoms with van der Waals surface area (Å²) in [5.41, 5.74) is 1.48. The highest BCUT2D eigenvalue weighted by molar-refractivity contribution is 5.92. The van der Waals surface area contributed by atoms with Crippen LogP contribution in [-0.2, 0) is 4.74 Å². The Hall–Kier alpha value is -2.78. The Labute approximate surface area is 209 Å². The van der Waals surface area contributed by atoms with Gasteiger partial charge in [0.1, 0.15) is 12.6 Å². The number of hydrogen-bond acceptors (Lipinski definition) is 5. The molecule has 0 unspecified atom stereocenters. The SMILES string of the molecule is Cl.O=C(N[C@@H]1CCN(C2CCC(c3ccccn3)CC2)C1)N1C(=O)OC[C@@H]1c1ccc(F)c(F)c1. The number of carbonyl (C=O) groups excluding carboxylic acids is 2. The van der Waals surface area contributed by atoms with E-state index >= 15 is 0 Å². The van der Waals surface area contributed by atoms with Crippen LogP contribution >= 0.6 is 12.4 Å². The Morgan fingerprint density at radius 3 is 2.57 bits per heavy atom. The van der Waals surface area contributed by atoms with Crippen LogP contribution in [0.2, 0.25) is 0 Å². The van der Waals surface area contributed by atoms with Gasteiger partial charge in [0.25, 0.3) is 0 Å². The van der Waals surface area contributed by atoms with Crippen molar-refractivity contribution >= 4 is 24.5 Å². The van der Waals surface area contributed by atoms with Crippen molar-refractivity contribution in [1.82, 2.24) is 20.1 Å². The molecule has 1 aliphatic carbocycles. The van der Waals surface area contributed by atoms with E-state index in [0.29, 0.717) is 17.5 Å². The maximum atomic E-state index is 13.7. The second-order valence-electron chi connectivity index (χ2n) is 9.33. The molecule has 1 saturated carbocycles. The van der Waals surface area contributed by atoms with Gasteiger partial charge in [-0.1, -0.05) is 12.1 Å². The molecule has 35 heavy (non-hydrogen) atoms. The normalized spacial score (nSPS) is 26.8. The quantitative estimate of drug-likeness (QED) is 0.645. The van der Waals surface area contributed by atoms with Crippen LogP contribution < -0.4 is 5.32 Å². The van der Waals surface area contributed by atoms with Gasteiger partial charge in [-0.2, -0.15) is 0 Å². The molecule has 1 aromatic heterocycles. The molecule has 188 valence electrons. The maximum absolute atomic E-state index is 13.7. The topological polar surface area (TPSA) is 74.8 Å². The molecule has 0 spiro atoms. The molecule has 3 fully saturated rings. The third-order valence-corrected chi connectivity index (χ3v) is 7.29. The number of nitrogens with one attached hydrogen (secondary N) is 1. The number of carbonyl (C=O) groups is 2. The van der Waals surface area contributed by atoms with Gasteiger partial charge in [-0.15, -0.1) is 12.4 Å². The Balaban J connectivity index is 0.00000289. The molecule has 3 heterocycles. The van der Waals surface area contributed by atoms with Crippen molar-refractivity contribution in [2.24, 2.45) is 0 Å². The minimum Gasteiger partial charge on any atom is -0.446 e. The monoisotopic (exact) mass is 506 g/mol. The van der Waals surface area contributed by atoms with Crippen LogP contribution in [0.4, 0.5) is 18.4 Å². The number of aromatic nitrogens is 1. The van der Waals surface area contributed by atoms with Crippen LogP contribution in [0.1, 0.15) is 55.3 Å². The predicted molar refractivity (Wildman–Crippen MR) is 127 cm³/mol. The number of ether oxygens (including phenoxy) is 1. The first-order valence-corrected chi connectivity index (χ1v) is 11.9. The summed E-state index contributed by atoms with van der Waals surface area (Å²) in [6.45, 7) is 1.53. The molecule has 7 nitrogen and oxygen atoms in total. The number of likely N-dealkylation sites (tertiary alicyclic amines) is 1. The number of benzene rings is 1. The summed E-state index contributed by atoms with van der Waals surface area (Å²) in [7, 11) is 0. The van der Waals surface area contributed by atoms with E-state index in [2.05, 4.69) is 21.3 Å². The Morgan fingerprint density at radius 2 is 1.86 bits per heavy atom. The van der Waals surface area contributed by atoms with Gasteiger partial charge in [-0.05, 0) is 61.9 Å². The maximum Gasteiger partial charge on any atom is 0.418 e. The van der Waals surface area contributed by atoms with Crippen molar-refractivity contribution in [2.45, 2.75) is 56.1 Å². The standard InChI is InChI=1S/C25H28F2N4O3.ClH/c26-20-9-6-17(13-21(20)27)23-15-34-25(33)31(23)24(32)29-18-10-12-30(14-18)19-7-4-16(5-8-19)22-3-1-2-11-28-22;/h1-3,6,9,11,13,16,18-19,23H,4-5,7-8,10,12,14-15H2,(H,29,32);1H/t16?,18-,19?,23-;/m1./s1. The molecule has 1 aromatic carbocycles. The highest BCUT2D eigenvalue weighted by Gasteiger charge is 2.41. The molecule has 2 atom stereocenters. The lowest BCUT2D eigenvalue weighted by molar-refractivity contribution is 0.155. The first kappa shape index (κ1) is 25.3. The minimum absolute atomic E-state index is 0. The van der Waals surface area contributed by atoms with Crippen LogP contribution in [0.15, 0.2) is 42.6 Å². The van der Waals surface area contributed by atoms with Crippen molar-refractivity contribution in [3.63, 3.8) is 0 Å². The zero-order valence-corrected chi connectivity index (χ0v) is 20.1. The summed E-state index contributed by atoms with van der Waals surface area (Å²) in [6, 6.07) is 8.47. The Kier molecular flexibility index (Phi) is 7.86. The van der Waals surface area contributed by atoms with Gasteiger partial charge >= 0.3 is 12.1 Å². The van der Waals surface area contributed by atoms with E-state index in [1.165, 1.54) is 11.8 Å². The molecule has 0 radical (unpaired) electrons. The molecule has 10 heteroatoms. The summed E-state index contributed by atoms with van der Waals surface area (Å²) < 4.78 is 32.1. The molecular weight excluding hydrogens is 478 g/mol. The van der Waals surface area contributed by atoms with Crippen molar-refractivity contribution in [2.75, 3.05) is 19.7 Å². The average molecular weight is 507 g/mol. The number of halogens is 3. The third kappa shape index (κ3) is 5.41. The van der Waals surface area contributed by atoms with Crippen LogP contribution in [0, 0.1) is 11.6 Å². The summed E-state index contributed by atoms with van der Waals surface area (Å²) in [5, 5.41) is 2.95. The number of amides is 3. The fourth-order valence-corrected chi connectivity index (χ4v) is 5.45. The van der Waals surface area contributed by atoms with E-state index in [0.717, 1.165) is 62.2 Å². The predicted octanol–water partition coefficient (Wildman–Crippen LogP) is 4.79. The van der Waals surface area contributed by atoms with Gasteiger partial charge in [0, 0.05) is 43.0 Å². The number of pyridine rings is 1. The van der Waals surface area contributed by atoms with Gasteiger partial charge in [0.05, 0.1) is 0 Å². The number of urea groups is 1. The number of imide groups is 1. The lowest BCUT2D eigenvalue weighted by Crippen LogP contribution is -2.47. The first-order valence-electron chi connectivity index (χ1n) is 11.9. The van der Waals surface area contributed by atoms with Crippen LogP contribution in [-0.4, -0.2) is 58.7 Å². The molecular formula is C25H29ClF2N4O3. The molecule has 2 aromatic rings. The zero-order chi connectivity index (χ0) is 23.7. The van der Waals surface area contributed by atoms with Crippen LogP contribution in [0.5, 0.6) is 0 Å². The Bertz CT molecular complexity index is 1050. The van der Waals surface area contributed by atoms with Crippen LogP contribution in [0.3, 0.4) is 0 Å². The van der Waals surface area contributed by atoms with E-state index in [9.17, 15) is 18.4 Å². The summed E-state index contributed by atoms with van der Waals surface area (Å²) in [6.07, 6.45) is 6.26. The van der Waals surface area contributed by atoms with Gasteiger partial charge in [-0.25, -0.2) is 23.3 Å². The Morgan fingerprint density at radius 1 is 1.06 bits per heavy atom. The smallest absolute Gasteiger partial charge is 0.418 e. The van der Waals surface area contributed by atoms with E-state index in [1.807, 2.05) is 18.3 Å². The van der Waals surface area contributed by atoms with Crippen LogP contribution in [0.25, 0.3) is 0 Å². The van der Waals surface area contributed by atoms with Gasteiger partial charge in [0.2, 0.25) is 0 Å². The van der Waals surface area contributed by atoms with Gasteiger partial charge < -0.3 is 10.1 Å². The zero-order valence-electron chi connectivity index (χ0n) is 19.2. The van der Waals surface area contributed by atoms with E-state index < -0.39 is 29.8 Å². The van der Waals surface area contributed by atoms with Crippen molar-refractivity contribution in [3.8, 4) is 0 Å². The summed E-state index contributed by atoms with van der Waals surface area (Å²) in [4.78, 5) is 33.1. The number of nitrogens with zero attached hydrogens (tertiary/aromatic N) is 3. The fourth-order valence-electron chi connectivity index (χ4n) is 5.45. The molecule has 1 N–H and O–H groups in total. The van der Waals surface area contributed by atoms with E-state index in [-0.39, 0.29) is 25.1 Å². The lowest BCUT2D eigenvalue weighted by Gasteiger charge is -2.34. The molecule has 0 bridgehead atoms. The van der Waals surface area contributed by atoms with Gasteiger partial charge in [-0.3, -0.25) is 9.88 Å². The number of rotatable bonds is 4. The van der Waals surface area contributed by atoms with E-state index in [1.54, 1.807) is 0 Å². The second-order valence-corrected chi connectivity index (χ2v) is 9.33. The van der Waals surface area contributed by atoms with Crippen molar-refractivity contribution in [1.29, 1.82) is 0 Å². The fraction of sp³-hybridized carbons (Fsp3) is 0.480. The highest BCUT2D eigenvalue weighted by Crippen LogP contribution is 2.35. The minimum atomic E-state index is -1.03. The number of hydrogen-bond donors (Lipinski definition) is 1. The molecule has 2 saturated heterocycles. The van der Waals surface area contributed by atoms with Gasteiger partial charge in [0.15, 0.2) is 11.6 Å². The lowest BCUT2D eigenvalue weighted by atomic mass is 9.83. The summed E-state index contributed by atoms with van der Waals surface area (Å²) in [5.74, 6) is -1.50. The first-order chi connectivity index (χ1) is 16.5. The third-order valence-electron chi connectivity index (χ3n) is 7.29. The second kappa shape index (κ2) is 10.9. The molecule has 3 aliphatic rings. The van der Waals surface area contributed by atoms with Crippen molar-refractivity contribution < 1.29 is 23.1 Å². The molecule has 5 rings (SSSR count). The average Bonchev–Trinajstić information content (AvgIpc) is 3.48. The summed E-state index contributed by atoms with van der Waals surface area (Å²) >= 11 is 0. The molecule has 3 amide bonds.